The molecule has 0 aromatic heterocycles. The Labute approximate surface area is 53.4 Å². The standard InChI is InChI=1S/C2H3O2.Na.H2O/c1-4-2-3;;/h1H3;;1H2. The Bertz CT molecular complexity index is 44.1. The third-order valence-corrected chi connectivity index (χ3v) is 0.696. The summed E-state index contributed by atoms with van der Waals surface area (Å²) in [7, 11) is 1.38. The van der Waals surface area contributed by atoms with Crippen molar-refractivity contribution in [2.75, 3.05) is 7.11 Å². The maximum absolute atomic E-state index is 9.65. The van der Waals surface area contributed by atoms with Gasteiger partial charge in [0.15, 0.2) is 0 Å². The number of methoxy groups -OCH3 is 1. The van der Waals surface area contributed by atoms with Crippen molar-refractivity contribution in [3.63, 3.8) is 0 Å². The molecule has 0 aliphatic heterocycles. The quantitative estimate of drug-likeness (QED) is 0.370. The number of ether oxygens (including phenoxy) is 1. The van der Waals surface area contributed by atoms with Crippen LogP contribution in [0, 0.1) is 0 Å². The summed E-state index contributed by atoms with van der Waals surface area (Å²) in [6, 6.07) is 0. The van der Waals surface area contributed by atoms with Crippen molar-refractivity contribution in [1.82, 2.24) is 0 Å². The van der Waals surface area contributed by atoms with Gasteiger partial charge >= 0.3 is 47.8 Å². The molecule has 3 nitrogen and oxygen atoms in total. The summed E-state index contributed by atoms with van der Waals surface area (Å²) in [5, 5.41) is 0. The molecule has 6 heavy (non-hydrogen) atoms. The fourth-order valence-corrected chi connectivity index (χ4v) is 0. The van der Waals surface area contributed by atoms with Gasteiger partial charge in [0, 0.05) is 0 Å². The first-order valence-electron chi connectivity index (χ1n) is 1.32. The fourth-order valence-electron chi connectivity index (χ4n) is 0. The van der Waals surface area contributed by atoms with Crippen LogP contribution in [0.15, 0.2) is 0 Å². The smallest absolute Gasteiger partial charge is 0.412 e. The van der Waals surface area contributed by atoms with Crippen LogP contribution < -0.4 is 0 Å². The van der Waals surface area contributed by atoms with E-state index < -0.39 is 0 Å². The molecule has 32 valence electrons. The topological polar surface area (TPSA) is 57.8 Å². The van der Waals surface area contributed by atoms with Gasteiger partial charge < -0.3 is 5.48 Å². The molecule has 0 radical (unpaired) electrons. The molecule has 0 heterocycles. The van der Waals surface area contributed by atoms with E-state index in [1.165, 1.54) is 7.11 Å². The van der Waals surface area contributed by atoms with E-state index in [0.29, 0.717) is 27.9 Å². The molecule has 0 atom stereocenters. The minimum atomic E-state index is -0.106. The first-order valence-corrected chi connectivity index (χ1v) is 2.32. The van der Waals surface area contributed by atoms with Crippen molar-refractivity contribution in [2.24, 2.45) is 0 Å². The Morgan fingerprint density at radius 3 is 2.00 bits per heavy atom. The van der Waals surface area contributed by atoms with Gasteiger partial charge in [0.2, 0.25) is 0 Å². The van der Waals surface area contributed by atoms with Gasteiger partial charge in [-0.05, 0) is 0 Å². The molecule has 2 N–H and O–H groups in total. The normalized spacial score (nSPS) is 5.83. The predicted molar refractivity (Wildman–Crippen MR) is 21.8 cm³/mol. The monoisotopic (exact) mass is 100 g/mol. The number of carbonyl (C=O) groups is 1. The van der Waals surface area contributed by atoms with E-state index in [-0.39, 0.29) is 8.69 Å². The average Bonchev–Trinajstić information content (AvgIpc) is 1.38. The molecule has 0 saturated carbocycles. The molecule has 0 aliphatic carbocycles. The second kappa shape index (κ2) is 5.43. The van der Waals surface area contributed by atoms with Gasteiger partial charge in [-0.15, -0.1) is 0 Å². The molecule has 0 aromatic rings. The molecule has 0 aromatic carbocycles. The Morgan fingerprint density at radius 1 is 1.83 bits per heavy atom. The molecular formula is C2H5NaO3. The first-order chi connectivity index (χ1) is 2.27. The Balaban J connectivity index is 0. The van der Waals surface area contributed by atoms with Crippen LogP contribution in [0.5, 0.6) is 0 Å². The van der Waals surface area contributed by atoms with E-state index in [9.17, 15) is 4.79 Å². The SMILES string of the molecule is CO[C](=O)[Na].O. The van der Waals surface area contributed by atoms with Gasteiger partial charge in [0.05, 0.1) is 0 Å². The largest absolute Gasteiger partial charge is 0.412 e. The second-order valence-corrected chi connectivity index (χ2v) is 1.51. The van der Waals surface area contributed by atoms with Crippen LogP contribution in [-0.4, -0.2) is 43.7 Å². The summed E-state index contributed by atoms with van der Waals surface area (Å²) >= 11 is 0.508. The Hall–Kier alpha value is 0.430. The molecule has 0 fully saturated rings. The summed E-state index contributed by atoms with van der Waals surface area (Å²) in [5.74, 6) is 0. The van der Waals surface area contributed by atoms with E-state index in [1.54, 1.807) is 0 Å². The van der Waals surface area contributed by atoms with Crippen molar-refractivity contribution in [2.45, 2.75) is 0 Å². The zero-order valence-corrected chi connectivity index (χ0v) is 5.82. The molecule has 0 bridgehead atoms. The van der Waals surface area contributed by atoms with Crippen molar-refractivity contribution in [3.05, 3.63) is 0 Å². The maximum Gasteiger partial charge on any atom is -0.412 e. The summed E-state index contributed by atoms with van der Waals surface area (Å²) in [6.07, 6.45) is 0. The van der Waals surface area contributed by atoms with Crippen LogP contribution in [0.4, 0.5) is 4.79 Å². The van der Waals surface area contributed by atoms with Gasteiger partial charge in [-0.25, -0.2) is 0 Å². The van der Waals surface area contributed by atoms with Crippen molar-refractivity contribution < 1.29 is 15.0 Å². The van der Waals surface area contributed by atoms with Crippen LogP contribution >= 0.6 is 0 Å². The van der Waals surface area contributed by atoms with Gasteiger partial charge in [-0.3, -0.25) is 0 Å². The molecule has 0 spiro atoms. The minimum Gasteiger partial charge on any atom is -0.412 e. The van der Waals surface area contributed by atoms with Crippen LogP contribution in [0.25, 0.3) is 0 Å². The molecule has 0 aliphatic rings. The number of carbonyl (C=O) groups excluding carboxylic acids is 1. The van der Waals surface area contributed by atoms with Gasteiger partial charge in [0.1, 0.15) is 0 Å². The molecule has 0 amide bonds. The predicted octanol–water partition coefficient (Wildman–Crippen LogP) is -0.903. The summed E-state index contributed by atoms with van der Waals surface area (Å²) < 4.78 is 4.07. The molecule has 0 saturated heterocycles. The van der Waals surface area contributed by atoms with Gasteiger partial charge in [-0.2, -0.15) is 0 Å². The van der Waals surface area contributed by atoms with Crippen molar-refractivity contribution in [3.8, 4) is 0 Å². The fraction of sp³-hybridized carbons (Fsp3) is 0.500. The van der Waals surface area contributed by atoms with Gasteiger partial charge in [0.25, 0.3) is 0 Å². The third kappa shape index (κ3) is 8.83. The van der Waals surface area contributed by atoms with Crippen LogP contribution in [0.2, 0.25) is 0 Å². The third-order valence-electron chi connectivity index (χ3n) is 0.287. The zero-order chi connectivity index (χ0) is 4.28. The maximum atomic E-state index is 9.65. The molecule has 0 unspecified atom stereocenters. The van der Waals surface area contributed by atoms with Crippen molar-refractivity contribution >= 4 is 31.1 Å². The van der Waals surface area contributed by atoms with Crippen LogP contribution in [-0.2, 0) is 4.74 Å². The molecule has 0 rings (SSSR count). The summed E-state index contributed by atoms with van der Waals surface area (Å²) in [5.41, 5.74) is 0. The first kappa shape index (κ1) is 9.66. The number of hydrogen-bond donors (Lipinski definition) is 0. The molecule has 4 heteroatoms. The average molecular weight is 100 g/mol. The van der Waals surface area contributed by atoms with E-state index in [4.69, 9.17) is 0 Å². The Morgan fingerprint density at radius 2 is 2.00 bits per heavy atom. The summed E-state index contributed by atoms with van der Waals surface area (Å²) in [4.78, 5) is 9.65. The van der Waals surface area contributed by atoms with Crippen LogP contribution in [0.3, 0.4) is 0 Å². The number of rotatable bonds is 0. The second-order valence-electron chi connectivity index (χ2n) is 0.696. The summed E-state index contributed by atoms with van der Waals surface area (Å²) in [6.45, 7) is 0. The van der Waals surface area contributed by atoms with E-state index in [1.807, 2.05) is 0 Å². The van der Waals surface area contributed by atoms with E-state index in [2.05, 4.69) is 4.74 Å². The Kier molecular flexibility index (Phi) is 8.74. The zero-order valence-electron chi connectivity index (χ0n) is 3.82. The van der Waals surface area contributed by atoms with E-state index >= 15 is 0 Å². The van der Waals surface area contributed by atoms with Crippen LogP contribution in [0.1, 0.15) is 0 Å². The van der Waals surface area contributed by atoms with Gasteiger partial charge in [-0.1, -0.05) is 0 Å². The minimum absolute atomic E-state index is 0. The number of hydrogen-bond acceptors (Lipinski definition) is 2. The van der Waals surface area contributed by atoms with E-state index in [0.717, 1.165) is 0 Å². The van der Waals surface area contributed by atoms with Crippen molar-refractivity contribution in [1.29, 1.82) is 0 Å². The molecular weight excluding hydrogens is 95.0 g/mol.